The Hall–Kier alpha value is -3.26. The average molecular weight is 453 g/mol. The Morgan fingerprint density at radius 2 is 1.56 bits per heavy atom. The highest BCUT2D eigenvalue weighted by Crippen LogP contribution is 2.25. The van der Waals surface area contributed by atoms with E-state index in [1.54, 1.807) is 31.4 Å². The first-order valence-electron chi connectivity index (χ1n) is 10.7. The Labute approximate surface area is 189 Å². The zero-order valence-corrected chi connectivity index (χ0v) is 19.2. The smallest absolute Gasteiger partial charge is 0.265 e. The van der Waals surface area contributed by atoms with E-state index in [1.807, 2.05) is 37.3 Å². The molecule has 1 saturated heterocycles. The second-order valence-electron chi connectivity index (χ2n) is 7.53. The van der Waals surface area contributed by atoms with Gasteiger partial charge in [-0.2, -0.15) is 0 Å². The fourth-order valence-electron chi connectivity index (χ4n) is 3.91. The van der Waals surface area contributed by atoms with Crippen LogP contribution >= 0.6 is 0 Å². The number of anilines is 3. The van der Waals surface area contributed by atoms with Gasteiger partial charge in [0, 0.05) is 44.6 Å². The van der Waals surface area contributed by atoms with Gasteiger partial charge in [-0.05, 0) is 55.5 Å². The minimum Gasteiger partial charge on any atom is -0.497 e. The second-order valence-corrected chi connectivity index (χ2v) is 9.39. The predicted molar refractivity (Wildman–Crippen MR) is 128 cm³/mol. The van der Waals surface area contributed by atoms with E-state index < -0.39 is 10.0 Å². The second kappa shape index (κ2) is 9.48. The Morgan fingerprint density at radius 1 is 0.906 bits per heavy atom. The number of pyridine rings is 1. The van der Waals surface area contributed by atoms with Crippen molar-refractivity contribution >= 4 is 27.2 Å². The number of rotatable bonds is 7. The van der Waals surface area contributed by atoms with Crippen LogP contribution in [0.1, 0.15) is 6.92 Å². The molecule has 1 aliphatic rings. The molecule has 168 valence electrons. The first-order valence-corrected chi connectivity index (χ1v) is 12.1. The number of sulfonamides is 1. The summed E-state index contributed by atoms with van der Waals surface area (Å²) >= 11 is 0. The molecule has 0 saturated carbocycles. The van der Waals surface area contributed by atoms with Gasteiger partial charge in [-0.25, -0.2) is 13.4 Å². The van der Waals surface area contributed by atoms with Crippen molar-refractivity contribution < 1.29 is 13.2 Å². The van der Waals surface area contributed by atoms with Crippen LogP contribution in [0.3, 0.4) is 0 Å². The summed E-state index contributed by atoms with van der Waals surface area (Å²) in [6.07, 6.45) is 1.46. The third-order valence-corrected chi connectivity index (χ3v) is 7.57. The van der Waals surface area contributed by atoms with Gasteiger partial charge in [0.15, 0.2) is 0 Å². The number of aromatic nitrogens is 1. The van der Waals surface area contributed by atoms with Gasteiger partial charge in [-0.15, -0.1) is 0 Å². The highest BCUT2D eigenvalue weighted by atomic mass is 32.2. The van der Waals surface area contributed by atoms with Gasteiger partial charge < -0.3 is 14.5 Å². The van der Waals surface area contributed by atoms with Crippen LogP contribution in [0, 0.1) is 0 Å². The Bertz CT molecular complexity index is 1110. The van der Waals surface area contributed by atoms with Crippen LogP contribution in [-0.2, 0) is 10.0 Å². The number of hydrogen-bond acceptors (Lipinski definition) is 6. The standard InChI is InChI=1S/C24H28N4O3S/c1-3-28(21-7-5-4-6-8-21)32(29,30)23-13-14-24(25-19-23)27-17-15-26(16-18-27)20-9-11-22(31-2)12-10-20/h4-14,19H,3,15-18H2,1-2H3. The lowest BCUT2D eigenvalue weighted by Gasteiger charge is -2.36. The van der Waals surface area contributed by atoms with Gasteiger partial charge in [0.2, 0.25) is 0 Å². The summed E-state index contributed by atoms with van der Waals surface area (Å²) in [5.74, 6) is 1.64. The van der Waals surface area contributed by atoms with Crippen LogP contribution in [0.2, 0.25) is 0 Å². The number of para-hydroxylation sites is 1. The molecular weight excluding hydrogens is 424 g/mol. The largest absolute Gasteiger partial charge is 0.497 e. The van der Waals surface area contributed by atoms with Crippen molar-refractivity contribution in [2.75, 3.05) is 53.9 Å². The molecule has 0 amide bonds. The fraction of sp³-hybridized carbons (Fsp3) is 0.292. The molecule has 32 heavy (non-hydrogen) atoms. The molecule has 0 aliphatic carbocycles. The minimum atomic E-state index is -3.67. The lowest BCUT2D eigenvalue weighted by atomic mass is 10.2. The quantitative estimate of drug-likeness (QED) is 0.545. The molecule has 1 fully saturated rings. The van der Waals surface area contributed by atoms with Crippen LogP contribution in [-0.4, -0.2) is 53.2 Å². The molecule has 0 N–H and O–H groups in total. The fourth-order valence-corrected chi connectivity index (χ4v) is 5.33. The van der Waals surface area contributed by atoms with E-state index in [2.05, 4.69) is 26.9 Å². The van der Waals surface area contributed by atoms with Gasteiger partial charge in [0.1, 0.15) is 16.5 Å². The maximum absolute atomic E-state index is 13.2. The van der Waals surface area contributed by atoms with E-state index in [1.165, 1.54) is 16.2 Å². The average Bonchev–Trinajstić information content (AvgIpc) is 2.85. The van der Waals surface area contributed by atoms with E-state index in [9.17, 15) is 8.42 Å². The molecule has 0 bridgehead atoms. The number of piperazine rings is 1. The lowest BCUT2D eigenvalue weighted by molar-refractivity contribution is 0.415. The van der Waals surface area contributed by atoms with Crippen LogP contribution < -0.4 is 18.8 Å². The van der Waals surface area contributed by atoms with E-state index in [0.717, 1.165) is 37.7 Å². The van der Waals surface area contributed by atoms with Crippen molar-refractivity contribution in [3.63, 3.8) is 0 Å². The van der Waals surface area contributed by atoms with E-state index >= 15 is 0 Å². The molecular formula is C24H28N4O3S. The number of hydrogen-bond donors (Lipinski definition) is 0. The highest BCUT2D eigenvalue weighted by molar-refractivity contribution is 7.92. The van der Waals surface area contributed by atoms with Gasteiger partial charge in [0.05, 0.1) is 12.8 Å². The van der Waals surface area contributed by atoms with Crippen molar-refractivity contribution in [2.24, 2.45) is 0 Å². The van der Waals surface area contributed by atoms with Crippen molar-refractivity contribution in [2.45, 2.75) is 11.8 Å². The maximum Gasteiger partial charge on any atom is 0.265 e. The number of nitrogens with zero attached hydrogens (tertiary/aromatic N) is 4. The Kier molecular flexibility index (Phi) is 6.50. The molecule has 0 spiro atoms. The van der Waals surface area contributed by atoms with Gasteiger partial charge >= 0.3 is 0 Å². The maximum atomic E-state index is 13.2. The molecule has 0 unspecified atom stereocenters. The first kappa shape index (κ1) is 22.0. The topological polar surface area (TPSA) is 66.0 Å². The molecule has 1 aromatic heterocycles. The molecule has 0 atom stereocenters. The van der Waals surface area contributed by atoms with Crippen molar-refractivity contribution in [1.82, 2.24) is 4.98 Å². The number of benzene rings is 2. The zero-order valence-electron chi connectivity index (χ0n) is 18.4. The first-order chi connectivity index (χ1) is 15.5. The van der Waals surface area contributed by atoms with Crippen LogP contribution in [0.4, 0.5) is 17.2 Å². The van der Waals surface area contributed by atoms with Gasteiger partial charge in [-0.3, -0.25) is 4.31 Å². The summed E-state index contributed by atoms with van der Waals surface area (Å²) in [5.41, 5.74) is 1.81. The minimum absolute atomic E-state index is 0.198. The Balaban J connectivity index is 1.43. The molecule has 3 aromatic rings. The lowest BCUT2D eigenvalue weighted by Crippen LogP contribution is -2.46. The summed E-state index contributed by atoms with van der Waals surface area (Å²) in [5, 5.41) is 0. The van der Waals surface area contributed by atoms with Crippen molar-refractivity contribution in [3.05, 3.63) is 72.9 Å². The SMILES string of the molecule is CCN(c1ccccc1)S(=O)(=O)c1ccc(N2CCN(c3ccc(OC)cc3)CC2)nc1. The molecule has 2 heterocycles. The summed E-state index contributed by atoms with van der Waals surface area (Å²) in [4.78, 5) is 9.20. The van der Waals surface area contributed by atoms with Crippen LogP contribution in [0.15, 0.2) is 77.8 Å². The van der Waals surface area contributed by atoms with Gasteiger partial charge in [0.25, 0.3) is 10.0 Å². The molecule has 7 nitrogen and oxygen atoms in total. The monoisotopic (exact) mass is 452 g/mol. The summed E-state index contributed by atoms with van der Waals surface area (Å²) in [6, 6.07) is 20.7. The molecule has 4 rings (SSSR count). The summed E-state index contributed by atoms with van der Waals surface area (Å²) in [6.45, 7) is 5.54. The highest BCUT2D eigenvalue weighted by Gasteiger charge is 2.25. The van der Waals surface area contributed by atoms with Crippen molar-refractivity contribution in [1.29, 1.82) is 0 Å². The molecule has 1 aliphatic heterocycles. The zero-order chi connectivity index (χ0) is 22.6. The third kappa shape index (κ3) is 4.50. The van der Waals surface area contributed by atoms with Crippen LogP contribution in [0.5, 0.6) is 5.75 Å². The van der Waals surface area contributed by atoms with Gasteiger partial charge in [-0.1, -0.05) is 18.2 Å². The number of ether oxygens (including phenoxy) is 1. The molecule has 8 heteroatoms. The van der Waals surface area contributed by atoms with Crippen LogP contribution in [0.25, 0.3) is 0 Å². The van der Waals surface area contributed by atoms with E-state index in [4.69, 9.17) is 4.74 Å². The van der Waals surface area contributed by atoms with E-state index in [0.29, 0.717) is 12.2 Å². The normalized spacial score (nSPS) is 14.3. The predicted octanol–water partition coefficient (Wildman–Crippen LogP) is 3.63. The van der Waals surface area contributed by atoms with Crippen molar-refractivity contribution in [3.8, 4) is 5.75 Å². The molecule has 2 aromatic carbocycles. The number of methoxy groups -OCH3 is 1. The van der Waals surface area contributed by atoms with E-state index in [-0.39, 0.29) is 4.90 Å². The third-order valence-electron chi connectivity index (χ3n) is 5.68. The summed E-state index contributed by atoms with van der Waals surface area (Å²) in [7, 11) is -2.00. The molecule has 0 radical (unpaired) electrons. The Morgan fingerprint density at radius 3 is 2.12 bits per heavy atom. The summed E-state index contributed by atoms with van der Waals surface area (Å²) < 4.78 is 32.9.